The molecule has 2 atom stereocenters. The molecule has 3 aliphatic rings. The first-order chi connectivity index (χ1) is 9.65. The standard InChI is InChI=1S/C16H16O4/c1-10-6-7-13-12-5-3-2-4-11(12)9-19-16(15(17)18)20-14(13)8-10/h2,4,6-9,14,16H,3,5H2,1H3,(H,17,18)/b11-9?,13-12-. The Morgan fingerprint density at radius 1 is 1.35 bits per heavy atom. The van der Waals surface area contributed by atoms with E-state index in [-0.39, 0.29) is 6.10 Å². The molecule has 1 heterocycles. The molecule has 0 fully saturated rings. The summed E-state index contributed by atoms with van der Waals surface area (Å²) in [4.78, 5) is 11.2. The van der Waals surface area contributed by atoms with E-state index in [1.54, 1.807) is 0 Å². The van der Waals surface area contributed by atoms with Crippen molar-refractivity contribution in [2.45, 2.75) is 32.2 Å². The molecule has 0 aromatic carbocycles. The van der Waals surface area contributed by atoms with Gasteiger partial charge in [0, 0.05) is 5.57 Å². The van der Waals surface area contributed by atoms with Gasteiger partial charge in [-0.1, -0.05) is 29.9 Å². The minimum Gasteiger partial charge on any atom is -0.477 e. The molecule has 0 spiro atoms. The minimum atomic E-state index is -1.28. The topological polar surface area (TPSA) is 55.8 Å². The fraction of sp³-hybridized carbons (Fsp3) is 0.312. The number of fused-ring (bicyclic) bond motifs is 2. The van der Waals surface area contributed by atoms with Crippen molar-refractivity contribution in [1.29, 1.82) is 0 Å². The van der Waals surface area contributed by atoms with Gasteiger partial charge in [0.25, 0.3) is 6.29 Å². The number of aliphatic carboxylic acids is 1. The van der Waals surface area contributed by atoms with Gasteiger partial charge < -0.3 is 14.6 Å². The summed E-state index contributed by atoms with van der Waals surface area (Å²) in [5, 5.41) is 9.16. The van der Waals surface area contributed by atoms with Gasteiger partial charge in [0.05, 0.1) is 6.26 Å². The van der Waals surface area contributed by atoms with Gasteiger partial charge in [-0.3, -0.25) is 0 Å². The summed E-state index contributed by atoms with van der Waals surface area (Å²) in [6.45, 7) is 1.97. The van der Waals surface area contributed by atoms with Crippen molar-refractivity contribution in [2.24, 2.45) is 0 Å². The van der Waals surface area contributed by atoms with Crippen LogP contribution in [-0.4, -0.2) is 23.5 Å². The molecule has 1 N–H and O–H groups in total. The monoisotopic (exact) mass is 272 g/mol. The molecular formula is C16H16O4. The normalized spacial score (nSPS) is 32.0. The largest absolute Gasteiger partial charge is 0.477 e. The van der Waals surface area contributed by atoms with Gasteiger partial charge in [0.2, 0.25) is 0 Å². The van der Waals surface area contributed by atoms with E-state index < -0.39 is 12.3 Å². The third-order valence-corrected chi connectivity index (χ3v) is 3.59. The third kappa shape index (κ3) is 2.34. The molecule has 1 aliphatic heterocycles. The Morgan fingerprint density at radius 3 is 3.00 bits per heavy atom. The lowest BCUT2D eigenvalue weighted by Gasteiger charge is -2.29. The van der Waals surface area contributed by atoms with Crippen molar-refractivity contribution in [3.63, 3.8) is 0 Å². The zero-order chi connectivity index (χ0) is 14.1. The maximum atomic E-state index is 11.2. The van der Waals surface area contributed by atoms with Crippen molar-refractivity contribution < 1.29 is 19.4 Å². The van der Waals surface area contributed by atoms with E-state index in [1.807, 2.05) is 31.2 Å². The zero-order valence-corrected chi connectivity index (χ0v) is 11.2. The van der Waals surface area contributed by atoms with Crippen LogP contribution in [0.15, 0.2) is 58.9 Å². The summed E-state index contributed by atoms with van der Waals surface area (Å²) in [5.74, 6) is -1.12. The lowest BCUT2D eigenvalue weighted by molar-refractivity contribution is -0.181. The number of hydrogen-bond acceptors (Lipinski definition) is 3. The molecule has 2 unspecified atom stereocenters. The Morgan fingerprint density at radius 2 is 2.20 bits per heavy atom. The molecule has 0 saturated carbocycles. The number of carbonyl (C=O) groups is 1. The predicted molar refractivity (Wildman–Crippen MR) is 73.8 cm³/mol. The molecule has 0 saturated heterocycles. The van der Waals surface area contributed by atoms with Crippen molar-refractivity contribution in [3.05, 3.63) is 58.9 Å². The quantitative estimate of drug-likeness (QED) is 0.797. The number of carboxylic acid groups (broad SMARTS) is 1. The molecule has 2 aliphatic carbocycles. The Balaban J connectivity index is 2.08. The second kappa shape index (κ2) is 5.13. The van der Waals surface area contributed by atoms with Crippen LogP contribution in [0.1, 0.15) is 19.8 Å². The van der Waals surface area contributed by atoms with Crippen LogP contribution in [0, 0.1) is 0 Å². The number of rotatable bonds is 1. The number of ether oxygens (including phenoxy) is 2. The SMILES string of the molecule is CC1=CC2OC(C(=O)O)OC=C3C=CCC/C3=C/2C=C1. The molecule has 0 amide bonds. The Kier molecular flexibility index (Phi) is 3.32. The molecule has 0 radical (unpaired) electrons. The summed E-state index contributed by atoms with van der Waals surface area (Å²) >= 11 is 0. The molecule has 4 nitrogen and oxygen atoms in total. The lowest BCUT2D eigenvalue weighted by atomic mass is 9.86. The minimum absolute atomic E-state index is 0.369. The van der Waals surface area contributed by atoms with Crippen LogP contribution < -0.4 is 0 Å². The molecule has 3 rings (SSSR count). The molecular weight excluding hydrogens is 256 g/mol. The molecule has 20 heavy (non-hydrogen) atoms. The van der Waals surface area contributed by atoms with Gasteiger partial charge >= 0.3 is 5.97 Å². The van der Waals surface area contributed by atoms with Crippen LogP contribution in [0.25, 0.3) is 0 Å². The van der Waals surface area contributed by atoms with E-state index in [0.717, 1.165) is 29.6 Å². The highest BCUT2D eigenvalue weighted by Gasteiger charge is 2.30. The average molecular weight is 272 g/mol. The van der Waals surface area contributed by atoms with Crippen molar-refractivity contribution >= 4 is 5.97 Å². The maximum Gasteiger partial charge on any atom is 0.373 e. The predicted octanol–water partition coefficient (Wildman–Crippen LogP) is 2.86. The number of allylic oxidation sites excluding steroid dienone is 6. The van der Waals surface area contributed by atoms with Gasteiger partial charge in [-0.2, -0.15) is 0 Å². The summed E-state index contributed by atoms with van der Waals surface area (Å²) < 4.78 is 10.9. The van der Waals surface area contributed by atoms with E-state index >= 15 is 0 Å². The molecule has 0 aromatic heterocycles. The molecule has 0 aromatic rings. The van der Waals surface area contributed by atoms with Crippen LogP contribution >= 0.6 is 0 Å². The van der Waals surface area contributed by atoms with Gasteiger partial charge in [-0.15, -0.1) is 0 Å². The van der Waals surface area contributed by atoms with Crippen molar-refractivity contribution in [1.82, 2.24) is 0 Å². The van der Waals surface area contributed by atoms with Gasteiger partial charge in [-0.25, -0.2) is 4.79 Å². The lowest BCUT2D eigenvalue weighted by Crippen LogP contribution is -2.33. The van der Waals surface area contributed by atoms with Crippen molar-refractivity contribution in [2.75, 3.05) is 0 Å². The van der Waals surface area contributed by atoms with Crippen LogP contribution in [-0.2, 0) is 14.3 Å². The Bertz CT molecular complexity index is 590. The summed E-state index contributed by atoms with van der Waals surface area (Å²) in [6.07, 6.45) is 11.8. The number of carboxylic acids is 1. The van der Waals surface area contributed by atoms with Crippen LogP contribution in [0.4, 0.5) is 0 Å². The smallest absolute Gasteiger partial charge is 0.373 e. The van der Waals surface area contributed by atoms with Gasteiger partial charge in [0.1, 0.15) is 6.10 Å². The van der Waals surface area contributed by atoms with Gasteiger partial charge in [0.15, 0.2) is 0 Å². The first-order valence-corrected chi connectivity index (χ1v) is 6.65. The first-order valence-electron chi connectivity index (χ1n) is 6.65. The van der Waals surface area contributed by atoms with Crippen LogP contribution in [0.2, 0.25) is 0 Å². The fourth-order valence-corrected chi connectivity index (χ4v) is 2.61. The fourth-order valence-electron chi connectivity index (χ4n) is 2.61. The second-order valence-corrected chi connectivity index (χ2v) is 5.06. The van der Waals surface area contributed by atoms with E-state index in [9.17, 15) is 4.79 Å². The van der Waals surface area contributed by atoms with Gasteiger partial charge in [-0.05, 0) is 37.0 Å². The van der Waals surface area contributed by atoms with E-state index in [2.05, 4.69) is 6.08 Å². The second-order valence-electron chi connectivity index (χ2n) is 5.06. The number of hydrogen-bond donors (Lipinski definition) is 1. The van der Waals surface area contributed by atoms with Crippen LogP contribution in [0.5, 0.6) is 0 Å². The highest BCUT2D eigenvalue weighted by atomic mass is 16.7. The van der Waals surface area contributed by atoms with E-state index in [0.29, 0.717) is 0 Å². The summed E-state index contributed by atoms with van der Waals surface area (Å²) in [6, 6.07) is 0. The molecule has 0 bridgehead atoms. The first kappa shape index (κ1) is 12.9. The van der Waals surface area contributed by atoms with Crippen molar-refractivity contribution in [3.8, 4) is 0 Å². The Hall–Kier alpha value is -2.07. The Labute approximate surface area is 117 Å². The zero-order valence-electron chi connectivity index (χ0n) is 11.2. The maximum absolute atomic E-state index is 11.2. The van der Waals surface area contributed by atoms with E-state index in [1.165, 1.54) is 11.8 Å². The highest BCUT2D eigenvalue weighted by molar-refractivity contribution is 5.71. The molecule has 4 heteroatoms. The van der Waals surface area contributed by atoms with Crippen LogP contribution in [0.3, 0.4) is 0 Å². The summed E-state index contributed by atoms with van der Waals surface area (Å²) in [5.41, 5.74) is 4.19. The van der Waals surface area contributed by atoms with E-state index in [4.69, 9.17) is 14.6 Å². The average Bonchev–Trinajstić information content (AvgIpc) is 2.41. The third-order valence-electron chi connectivity index (χ3n) is 3.59. The highest BCUT2D eigenvalue weighted by Crippen LogP contribution is 2.34. The molecule has 104 valence electrons. The summed E-state index contributed by atoms with van der Waals surface area (Å²) in [7, 11) is 0.